The number of esters is 1. The number of hydrogen-bond donors (Lipinski definition) is 2. The van der Waals surface area contributed by atoms with Gasteiger partial charge in [-0.15, -0.1) is 0 Å². The highest BCUT2D eigenvalue weighted by atomic mass is 16.5. The van der Waals surface area contributed by atoms with Crippen molar-refractivity contribution in [2.24, 2.45) is 0 Å². The zero-order chi connectivity index (χ0) is 18.2. The maximum Gasteiger partial charge on any atom is 0.326 e. The molecule has 1 aromatic carbocycles. The predicted molar refractivity (Wildman–Crippen MR) is 89.2 cm³/mol. The monoisotopic (exact) mass is 345 g/mol. The fraction of sp³-hybridized carbons (Fsp3) is 0.294. The summed E-state index contributed by atoms with van der Waals surface area (Å²) in [5.41, 5.74) is 0.850. The van der Waals surface area contributed by atoms with Gasteiger partial charge in [-0.05, 0) is 18.6 Å². The zero-order valence-corrected chi connectivity index (χ0v) is 13.7. The predicted octanol–water partition coefficient (Wildman–Crippen LogP) is 0.300. The Bertz CT molecular complexity index is 687. The van der Waals surface area contributed by atoms with Crippen molar-refractivity contribution in [3.05, 3.63) is 42.0 Å². The quantitative estimate of drug-likeness (QED) is 0.570. The molecule has 2 N–H and O–H groups in total. The van der Waals surface area contributed by atoms with Crippen molar-refractivity contribution in [3.8, 4) is 0 Å². The number of carbonyl (C=O) groups is 4. The van der Waals surface area contributed by atoms with E-state index in [0.717, 1.165) is 10.5 Å². The Kier molecular flexibility index (Phi) is 6.27. The van der Waals surface area contributed by atoms with Gasteiger partial charge in [0.2, 0.25) is 5.91 Å². The lowest BCUT2D eigenvalue weighted by Gasteiger charge is -2.18. The second-order valence-electron chi connectivity index (χ2n) is 5.32. The second kappa shape index (κ2) is 8.62. The van der Waals surface area contributed by atoms with Gasteiger partial charge in [-0.2, -0.15) is 0 Å². The van der Waals surface area contributed by atoms with Crippen molar-refractivity contribution in [3.63, 3.8) is 0 Å². The standard InChI is InChI=1S/C17H19N3O5/c1-12(16(23)20-10-9-18-17(20)24)25-15(22)11-19-14(21)8-7-13-5-3-2-4-6-13/h2-8,12H,9-11H2,1H3,(H,18,24)(H,19,21)/b8-7+/t12-/m0/s1. The molecular weight excluding hydrogens is 326 g/mol. The van der Waals surface area contributed by atoms with Crippen LogP contribution in [0.4, 0.5) is 4.79 Å². The number of rotatable bonds is 6. The van der Waals surface area contributed by atoms with E-state index in [1.54, 1.807) is 6.08 Å². The molecule has 0 saturated carbocycles. The Morgan fingerprint density at radius 1 is 1.32 bits per heavy atom. The van der Waals surface area contributed by atoms with Crippen molar-refractivity contribution in [2.75, 3.05) is 19.6 Å². The molecule has 0 unspecified atom stereocenters. The van der Waals surface area contributed by atoms with Gasteiger partial charge >= 0.3 is 12.0 Å². The summed E-state index contributed by atoms with van der Waals surface area (Å²) in [7, 11) is 0. The van der Waals surface area contributed by atoms with Crippen molar-refractivity contribution >= 4 is 29.9 Å². The van der Waals surface area contributed by atoms with Crippen LogP contribution in [-0.2, 0) is 19.1 Å². The lowest BCUT2D eigenvalue weighted by atomic mass is 10.2. The Morgan fingerprint density at radius 3 is 2.68 bits per heavy atom. The maximum atomic E-state index is 12.0. The van der Waals surface area contributed by atoms with Gasteiger partial charge in [0.25, 0.3) is 5.91 Å². The van der Waals surface area contributed by atoms with Gasteiger partial charge in [-0.3, -0.25) is 19.3 Å². The Balaban J connectivity index is 1.74. The smallest absolute Gasteiger partial charge is 0.326 e. The Morgan fingerprint density at radius 2 is 2.04 bits per heavy atom. The van der Waals surface area contributed by atoms with Gasteiger partial charge in [-0.25, -0.2) is 4.79 Å². The van der Waals surface area contributed by atoms with Gasteiger partial charge in [0.05, 0.1) is 0 Å². The van der Waals surface area contributed by atoms with Crippen LogP contribution in [0, 0.1) is 0 Å². The minimum atomic E-state index is -1.10. The molecule has 1 heterocycles. The molecule has 1 fully saturated rings. The van der Waals surface area contributed by atoms with Crippen molar-refractivity contribution < 1.29 is 23.9 Å². The van der Waals surface area contributed by atoms with Crippen LogP contribution < -0.4 is 10.6 Å². The van der Waals surface area contributed by atoms with Crippen LogP contribution in [0.25, 0.3) is 6.08 Å². The summed E-state index contributed by atoms with van der Waals surface area (Å²) in [6.07, 6.45) is 1.80. The molecule has 0 radical (unpaired) electrons. The highest BCUT2D eigenvalue weighted by Gasteiger charge is 2.31. The molecule has 25 heavy (non-hydrogen) atoms. The summed E-state index contributed by atoms with van der Waals surface area (Å²) in [5.74, 6) is -1.82. The van der Waals surface area contributed by atoms with E-state index in [1.807, 2.05) is 30.3 Å². The van der Waals surface area contributed by atoms with E-state index in [0.29, 0.717) is 6.54 Å². The third-order valence-corrected chi connectivity index (χ3v) is 3.41. The Hall–Kier alpha value is -3.16. The van der Waals surface area contributed by atoms with Crippen LogP contribution in [0.2, 0.25) is 0 Å². The van der Waals surface area contributed by atoms with Crippen LogP contribution in [-0.4, -0.2) is 54.5 Å². The molecule has 0 aliphatic carbocycles. The number of ether oxygens (including phenoxy) is 1. The Labute approximate surface area is 144 Å². The van der Waals surface area contributed by atoms with Gasteiger partial charge in [0, 0.05) is 19.2 Å². The van der Waals surface area contributed by atoms with E-state index in [4.69, 9.17) is 4.74 Å². The lowest BCUT2D eigenvalue weighted by molar-refractivity contribution is -0.157. The maximum absolute atomic E-state index is 12.0. The molecule has 4 amide bonds. The molecule has 8 nitrogen and oxygen atoms in total. The summed E-state index contributed by atoms with van der Waals surface area (Å²) in [4.78, 5) is 47.7. The third-order valence-electron chi connectivity index (χ3n) is 3.41. The van der Waals surface area contributed by atoms with Gasteiger partial charge < -0.3 is 15.4 Å². The number of amides is 4. The normalized spacial score (nSPS) is 14.9. The van der Waals surface area contributed by atoms with Gasteiger partial charge in [0.1, 0.15) is 6.54 Å². The number of hydrogen-bond acceptors (Lipinski definition) is 5. The van der Waals surface area contributed by atoms with Gasteiger partial charge in [0.15, 0.2) is 6.10 Å². The third kappa shape index (κ3) is 5.45. The summed E-state index contributed by atoms with van der Waals surface area (Å²) >= 11 is 0. The summed E-state index contributed by atoms with van der Waals surface area (Å²) in [6.45, 7) is 1.61. The van der Waals surface area contributed by atoms with E-state index in [1.165, 1.54) is 13.0 Å². The van der Waals surface area contributed by atoms with Crippen LogP contribution in [0.15, 0.2) is 36.4 Å². The van der Waals surface area contributed by atoms with E-state index in [2.05, 4.69) is 10.6 Å². The topological polar surface area (TPSA) is 105 Å². The molecule has 1 aliphatic rings. The minimum absolute atomic E-state index is 0.237. The molecule has 1 saturated heterocycles. The number of imide groups is 1. The number of urea groups is 1. The molecule has 8 heteroatoms. The average Bonchev–Trinajstić information content (AvgIpc) is 3.04. The number of nitrogens with one attached hydrogen (secondary N) is 2. The lowest BCUT2D eigenvalue weighted by Crippen LogP contribution is -2.43. The largest absolute Gasteiger partial charge is 0.451 e. The first-order valence-electron chi connectivity index (χ1n) is 7.77. The second-order valence-corrected chi connectivity index (χ2v) is 5.32. The number of carbonyl (C=O) groups excluding carboxylic acids is 4. The molecule has 1 atom stereocenters. The summed E-state index contributed by atoms with van der Waals surface area (Å²) in [6, 6.07) is 8.70. The van der Waals surface area contributed by atoms with Crippen LogP contribution in [0.3, 0.4) is 0 Å². The average molecular weight is 345 g/mol. The van der Waals surface area contributed by atoms with Gasteiger partial charge in [-0.1, -0.05) is 30.3 Å². The van der Waals surface area contributed by atoms with E-state index >= 15 is 0 Å². The first kappa shape index (κ1) is 18.2. The van der Waals surface area contributed by atoms with Crippen LogP contribution in [0.1, 0.15) is 12.5 Å². The zero-order valence-electron chi connectivity index (χ0n) is 13.7. The first-order valence-corrected chi connectivity index (χ1v) is 7.77. The summed E-state index contributed by atoms with van der Waals surface area (Å²) in [5, 5.41) is 4.86. The fourth-order valence-electron chi connectivity index (χ4n) is 2.14. The fourth-order valence-corrected chi connectivity index (χ4v) is 2.14. The molecule has 0 aromatic heterocycles. The van der Waals surface area contributed by atoms with Crippen LogP contribution >= 0.6 is 0 Å². The summed E-state index contributed by atoms with van der Waals surface area (Å²) < 4.78 is 4.94. The molecule has 2 rings (SSSR count). The molecule has 132 valence electrons. The van der Waals surface area contributed by atoms with Crippen molar-refractivity contribution in [1.82, 2.24) is 15.5 Å². The van der Waals surface area contributed by atoms with Crippen molar-refractivity contribution in [1.29, 1.82) is 0 Å². The number of benzene rings is 1. The molecule has 0 spiro atoms. The molecule has 1 aliphatic heterocycles. The first-order chi connectivity index (χ1) is 12.0. The van der Waals surface area contributed by atoms with E-state index < -0.39 is 29.9 Å². The molecule has 0 bridgehead atoms. The molecular formula is C17H19N3O5. The van der Waals surface area contributed by atoms with Crippen LogP contribution in [0.5, 0.6) is 0 Å². The number of nitrogens with zero attached hydrogens (tertiary/aromatic N) is 1. The minimum Gasteiger partial charge on any atom is -0.451 e. The highest BCUT2D eigenvalue weighted by Crippen LogP contribution is 2.04. The highest BCUT2D eigenvalue weighted by molar-refractivity contribution is 5.98. The van der Waals surface area contributed by atoms with Crippen molar-refractivity contribution in [2.45, 2.75) is 13.0 Å². The SMILES string of the molecule is C[C@H](OC(=O)CNC(=O)/C=C/c1ccccc1)C(=O)N1CCNC1=O. The van der Waals surface area contributed by atoms with E-state index in [9.17, 15) is 19.2 Å². The van der Waals surface area contributed by atoms with E-state index in [-0.39, 0.29) is 13.1 Å². The molecule has 1 aromatic rings.